The lowest BCUT2D eigenvalue weighted by Gasteiger charge is -2.48. The number of piperidine rings is 2. The summed E-state index contributed by atoms with van der Waals surface area (Å²) in [4.78, 5) is 13.7. The number of aromatic nitrogens is 3. The predicted octanol–water partition coefficient (Wildman–Crippen LogP) is 2.46. The van der Waals surface area contributed by atoms with E-state index in [-0.39, 0.29) is 24.0 Å². The van der Waals surface area contributed by atoms with Crippen molar-refractivity contribution in [2.24, 2.45) is 10.9 Å². The van der Waals surface area contributed by atoms with E-state index in [0.717, 1.165) is 44.6 Å². The zero-order valence-corrected chi connectivity index (χ0v) is 19.5. The first kappa shape index (κ1) is 22.0. The number of guanidine groups is 1. The largest absolute Gasteiger partial charge is 0.354 e. The lowest BCUT2D eigenvalue weighted by atomic mass is 9.83. The van der Waals surface area contributed by atoms with Gasteiger partial charge in [0.25, 0.3) is 0 Å². The third-order valence-electron chi connectivity index (χ3n) is 6.01. The highest BCUT2D eigenvalue weighted by atomic mass is 127. The van der Waals surface area contributed by atoms with Crippen LogP contribution in [-0.4, -0.2) is 69.8 Å². The molecule has 3 heterocycles. The summed E-state index contributed by atoms with van der Waals surface area (Å²) in [6.07, 6.45) is 7.15. The molecule has 0 radical (unpaired) electrons. The fourth-order valence-electron chi connectivity index (χ4n) is 4.68. The number of nitrogens with one attached hydrogen (secondary N) is 1. The van der Waals surface area contributed by atoms with Crippen molar-refractivity contribution in [2.45, 2.75) is 38.4 Å². The molecule has 7 nitrogen and oxygen atoms in total. The summed E-state index contributed by atoms with van der Waals surface area (Å²) in [5, 5.41) is 7.65. The Bertz CT molecular complexity index is 750. The van der Waals surface area contributed by atoms with Gasteiger partial charge in [-0.1, -0.05) is 30.3 Å². The van der Waals surface area contributed by atoms with Crippen LogP contribution in [0.2, 0.25) is 0 Å². The van der Waals surface area contributed by atoms with E-state index in [1.807, 2.05) is 11.7 Å². The minimum absolute atomic E-state index is 0. The van der Waals surface area contributed by atoms with Gasteiger partial charge in [0.05, 0.1) is 6.54 Å². The Morgan fingerprint density at radius 2 is 2.07 bits per heavy atom. The quantitative estimate of drug-likeness (QED) is 0.381. The molecule has 1 aromatic carbocycles. The fourth-order valence-corrected chi connectivity index (χ4v) is 4.68. The number of halogens is 1. The van der Waals surface area contributed by atoms with E-state index in [9.17, 15) is 0 Å². The molecule has 0 saturated carbocycles. The first-order chi connectivity index (χ1) is 13.8. The van der Waals surface area contributed by atoms with Crippen LogP contribution in [0.15, 0.2) is 48.0 Å². The summed E-state index contributed by atoms with van der Waals surface area (Å²) in [6.45, 7) is 6.06. The molecule has 4 rings (SSSR count). The molecular formula is C21H32IN7. The number of fused-ring (bicyclic) bond motifs is 1. The second-order valence-corrected chi connectivity index (χ2v) is 7.79. The van der Waals surface area contributed by atoms with Crippen LogP contribution in [0.3, 0.4) is 0 Å². The van der Waals surface area contributed by atoms with Crippen molar-refractivity contribution in [3.63, 3.8) is 0 Å². The monoisotopic (exact) mass is 509 g/mol. The van der Waals surface area contributed by atoms with Crippen LogP contribution in [0.25, 0.3) is 0 Å². The Morgan fingerprint density at radius 1 is 1.21 bits per heavy atom. The van der Waals surface area contributed by atoms with E-state index < -0.39 is 0 Å². The molecule has 0 spiro atoms. The summed E-state index contributed by atoms with van der Waals surface area (Å²) in [5.41, 5.74) is 1.43. The Kier molecular flexibility index (Phi) is 8.29. The van der Waals surface area contributed by atoms with Gasteiger partial charge in [-0.25, -0.2) is 4.98 Å². The van der Waals surface area contributed by atoms with Gasteiger partial charge in [-0.3, -0.25) is 14.6 Å². The average molecular weight is 509 g/mol. The van der Waals surface area contributed by atoms with Gasteiger partial charge in [0.1, 0.15) is 12.7 Å². The number of aliphatic imine (C=N–C) groups is 1. The standard InChI is InChI=1S/C21H31N7.HI/c1-22-21(24-10-13-28-17-23-16-25-28)27-12-9-20-19(15-27)8-5-11-26(20)14-18-6-3-2-4-7-18;/h2-4,6-7,16-17,19-20H,5,8-15H2,1H3,(H,22,24);1H. The zero-order chi connectivity index (χ0) is 19.2. The summed E-state index contributed by atoms with van der Waals surface area (Å²) in [7, 11) is 1.88. The normalized spacial score (nSPS) is 22.7. The van der Waals surface area contributed by atoms with Crippen molar-refractivity contribution < 1.29 is 0 Å². The summed E-state index contributed by atoms with van der Waals surface area (Å²) in [6, 6.07) is 11.6. The maximum atomic E-state index is 4.53. The SMILES string of the molecule is CN=C(NCCn1cncn1)N1CCC2C(CCCN2Cc2ccccc2)C1.I. The zero-order valence-electron chi connectivity index (χ0n) is 17.2. The van der Waals surface area contributed by atoms with Crippen LogP contribution in [0.1, 0.15) is 24.8 Å². The summed E-state index contributed by atoms with van der Waals surface area (Å²) >= 11 is 0. The second kappa shape index (κ2) is 10.9. The predicted molar refractivity (Wildman–Crippen MR) is 126 cm³/mol. The molecule has 2 aromatic rings. The van der Waals surface area contributed by atoms with E-state index in [1.165, 1.54) is 31.4 Å². The Hall–Kier alpha value is -1.68. The molecule has 2 aliphatic heterocycles. The summed E-state index contributed by atoms with van der Waals surface area (Å²) < 4.78 is 1.84. The molecule has 2 atom stereocenters. The van der Waals surface area contributed by atoms with Crippen molar-refractivity contribution >= 4 is 29.9 Å². The van der Waals surface area contributed by atoms with Gasteiger partial charge < -0.3 is 10.2 Å². The topological polar surface area (TPSA) is 61.6 Å². The van der Waals surface area contributed by atoms with Crippen LogP contribution in [0.4, 0.5) is 0 Å². The number of hydrogen-bond acceptors (Lipinski definition) is 4. The molecule has 2 unspecified atom stereocenters. The highest BCUT2D eigenvalue weighted by Gasteiger charge is 2.36. The minimum Gasteiger partial charge on any atom is -0.354 e. The fraction of sp³-hybridized carbons (Fsp3) is 0.571. The highest BCUT2D eigenvalue weighted by Crippen LogP contribution is 2.31. The molecule has 8 heteroatoms. The smallest absolute Gasteiger partial charge is 0.193 e. The third-order valence-corrected chi connectivity index (χ3v) is 6.01. The first-order valence-corrected chi connectivity index (χ1v) is 10.4. The first-order valence-electron chi connectivity index (χ1n) is 10.4. The molecule has 2 saturated heterocycles. The minimum atomic E-state index is 0. The maximum absolute atomic E-state index is 4.53. The number of benzene rings is 1. The maximum Gasteiger partial charge on any atom is 0.193 e. The molecule has 1 aromatic heterocycles. The van der Waals surface area contributed by atoms with E-state index in [0.29, 0.717) is 6.04 Å². The van der Waals surface area contributed by atoms with Crippen molar-refractivity contribution in [1.82, 2.24) is 29.9 Å². The van der Waals surface area contributed by atoms with E-state index >= 15 is 0 Å². The van der Waals surface area contributed by atoms with Gasteiger partial charge in [-0.2, -0.15) is 5.10 Å². The van der Waals surface area contributed by atoms with Gasteiger partial charge in [-0.15, -0.1) is 24.0 Å². The Morgan fingerprint density at radius 3 is 2.83 bits per heavy atom. The van der Waals surface area contributed by atoms with E-state index in [1.54, 1.807) is 12.7 Å². The number of hydrogen-bond donors (Lipinski definition) is 1. The van der Waals surface area contributed by atoms with Crippen molar-refractivity contribution in [3.05, 3.63) is 48.5 Å². The molecule has 0 bridgehead atoms. The van der Waals surface area contributed by atoms with Crippen LogP contribution < -0.4 is 5.32 Å². The molecular weight excluding hydrogens is 477 g/mol. The average Bonchev–Trinajstić information content (AvgIpc) is 3.25. The second-order valence-electron chi connectivity index (χ2n) is 7.79. The molecule has 2 aliphatic rings. The molecule has 0 amide bonds. The molecule has 0 aliphatic carbocycles. The Balaban J connectivity index is 0.00000240. The van der Waals surface area contributed by atoms with Gasteiger partial charge in [0.2, 0.25) is 0 Å². The van der Waals surface area contributed by atoms with Gasteiger partial charge in [0.15, 0.2) is 5.96 Å². The molecule has 29 heavy (non-hydrogen) atoms. The van der Waals surface area contributed by atoms with Crippen LogP contribution >= 0.6 is 24.0 Å². The summed E-state index contributed by atoms with van der Waals surface area (Å²) in [5.74, 6) is 1.74. The van der Waals surface area contributed by atoms with Crippen LogP contribution in [-0.2, 0) is 13.1 Å². The third kappa shape index (κ3) is 5.69. The number of rotatable bonds is 5. The van der Waals surface area contributed by atoms with Gasteiger partial charge in [-0.05, 0) is 37.3 Å². The van der Waals surface area contributed by atoms with E-state index in [2.05, 4.69) is 60.5 Å². The van der Waals surface area contributed by atoms with E-state index in [4.69, 9.17) is 0 Å². The molecule has 2 fully saturated rings. The van der Waals surface area contributed by atoms with Crippen molar-refractivity contribution in [3.8, 4) is 0 Å². The molecule has 1 N–H and O–H groups in total. The highest BCUT2D eigenvalue weighted by molar-refractivity contribution is 14.0. The number of nitrogens with zero attached hydrogens (tertiary/aromatic N) is 6. The lowest BCUT2D eigenvalue weighted by Crippen LogP contribution is -2.56. The lowest BCUT2D eigenvalue weighted by molar-refractivity contribution is 0.0372. The van der Waals surface area contributed by atoms with Crippen molar-refractivity contribution in [1.29, 1.82) is 0 Å². The Labute approximate surface area is 190 Å². The van der Waals surface area contributed by atoms with Crippen LogP contribution in [0.5, 0.6) is 0 Å². The van der Waals surface area contributed by atoms with Gasteiger partial charge in [0, 0.05) is 39.3 Å². The number of likely N-dealkylation sites (tertiary alicyclic amines) is 2. The van der Waals surface area contributed by atoms with Crippen molar-refractivity contribution in [2.75, 3.05) is 33.2 Å². The molecule has 158 valence electrons. The van der Waals surface area contributed by atoms with Gasteiger partial charge >= 0.3 is 0 Å². The van der Waals surface area contributed by atoms with Crippen LogP contribution in [0, 0.1) is 5.92 Å².